The maximum atomic E-state index is 13.1. The lowest BCUT2D eigenvalue weighted by Crippen LogP contribution is -2.12. The van der Waals surface area contributed by atoms with Crippen molar-refractivity contribution in [3.05, 3.63) is 114 Å². The van der Waals surface area contributed by atoms with Gasteiger partial charge >= 0.3 is 13.2 Å². The van der Waals surface area contributed by atoms with Gasteiger partial charge in [0.25, 0.3) is 0 Å². The van der Waals surface area contributed by atoms with E-state index in [1.807, 2.05) is 42.5 Å². The molecule has 5 nitrogen and oxygen atoms in total. The molecule has 2 aromatic carbocycles. The molecule has 0 amide bonds. The third-order valence-electron chi connectivity index (χ3n) is 6.11. The second kappa shape index (κ2) is 12.9. The molecule has 0 aliphatic rings. The Kier molecular flexibility index (Phi) is 9.13. The zero-order valence-corrected chi connectivity index (χ0v) is 20.6. The second-order valence-electron chi connectivity index (χ2n) is 8.57. The van der Waals surface area contributed by atoms with Gasteiger partial charge in [-0.2, -0.15) is 17.6 Å². The fourth-order valence-electron chi connectivity index (χ4n) is 4.29. The molecular weight excluding hydrogens is 498 g/mol. The molecule has 198 valence electrons. The number of benzene rings is 2. The predicted molar refractivity (Wildman–Crippen MR) is 137 cm³/mol. The molecule has 0 aliphatic heterocycles. The molecule has 0 saturated carbocycles. The van der Waals surface area contributed by atoms with Gasteiger partial charge < -0.3 is 14.8 Å². The van der Waals surface area contributed by atoms with Crippen LogP contribution in [0.2, 0.25) is 0 Å². The van der Waals surface area contributed by atoms with E-state index in [4.69, 9.17) is 0 Å². The van der Waals surface area contributed by atoms with Crippen LogP contribution in [0.5, 0.6) is 11.5 Å². The molecular formula is C29H27F4N3O2. The van der Waals surface area contributed by atoms with Crippen LogP contribution in [0.15, 0.2) is 91.4 Å². The highest BCUT2D eigenvalue weighted by Gasteiger charge is 2.21. The van der Waals surface area contributed by atoms with Crippen molar-refractivity contribution in [2.24, 2.45) is 0 Å². The van der Waals surface area contributed by atoms with Crippen molar-refractivity contribution in [3.63, 3.8) is 0 Å². The summed E-state index contributed by atoms with van der Waals surface area (Å²) in [6.07, 6.45) is 6.40. The van der Waals surface area contributed by atoms with E-state index in [0.717, 1.165) is 23.1 Å². The third-order valence-corrected chi connectivity index (χ3v) is 6.11. The number of aromatic nitrogens is 2. The van der Waals surface area contributed by atoms with Gasteiger partial charge in [0, 0.05) is 24.5 Å². The molecule has 0 bridgehead atoms. The Morgan fingerprint density at radius 2 is 1.45 bits per heavy atom. The van der Waals surface area contributed by atoms with Crippen molar-refractivity contribution in [1.29, 1.82) is 0 Å². The van der Waals surface area contributed by atoms with Crippen LogP contribution in [0.4, 0.5) is 23.4 Å². The van der Waals surface area contributed by atoms with Gasteiger partial charge in [0.1, 0.15) is 5.82 Å². The van der Waals surface area contributed by atoms with Gasteiger partial charge in [-0.3, -0.25) is 4.98 Å². The Morgan fingerprint density at radius 1 is 0.763 bits per heavy atom. The van der Waals surface area contributed by atoms with Gasteiger partial charge in [-0.05, 0) is 65.4 Å². The summed E-state index contributed by atoms with van der Waals surface area (Å²) in [7, 11) is 0. The molecule has 38 heavy (non-hydrogen) atoms. The fourth-order valence-corrected chi connectivity index (χ4v) is 4.29. The summed E-state index contributed by atoms with van der Waals surface area (Å²) in [4.78, 5) is 8.65. The molecule has 2 heterocycles. The van der Waals surface area contributed by atoms with Crippen LogP contribution in [-0.2, 0) is 6.42 Å². The molecule has 2 atom stereocenters. The molecule has 0 radical (unpaired) electrons. The summed E-state index contributed by atoms with van der Waals surface area (Å²) in [6, 6.07) is 21.7. The molecule has 4 aromatic rings. The number of nitrogens with zero attached hydrogens (tertiary/aromatic N) is 2. The number of pyridine rings is 2. The molecule has 9 heteroatoms. The number of hydrogen-bond donors (Lipinski definition) is 1. The average molecular weight is 526 g/mol. The normalized spacial score (nSPS) is 12.8. The third kappa shape index (κ3) is 7.21. The lowest BCUT2D eigenvalue weighted by Gasteiger charge is -2.22. The van der Waals surface area contributed by atoms with E-state index in [1.54, 1.807) is 24.7 Å². The summed E-state index contributed by atoms with van der Waals surface area (Å²) in [6.45, 7) is -4.29. The summed E-state index contributed by atoms with van der Waals surface area (Å²) in [5, 5.41) is 3.45. The molecule has 4 rings (SSSR count). The van der Waals surface area contributed by atoms with E-state index < -0.39 is 24.7 Å². The van der Waals surface area contributed by atoms with Crippen molar-refractivity contribution in [2.45, 2.75) is 44.9 Å². The molecule has 1 N–H and O–H groups in total. The van der Waals surface area contributed by atoms with E-state index in [9.17, 15) is 17.6 Å². The van der Waals surface area contributed by atoms with Gasteiger partial charge in [0.15, 0.2) is 11.5 Å². The molecule has 2 aromatic heterocycles. The Hall–Kier alpha value is -4.14. The van der Waals surface area contributed by atoms with Gasteiger partial charge in [0.05, 0.1) is 6.04 Å². The van der Waals surface area contributed by atoms with Crippen LogP contribution in [0, 0.1) is 0 Å². The Balaban J connectivity index is 1.65. The highest BCUT2D eigenvalue weighted by Crippen LogP contribution is 2.37. The Morgan fingerprint density at radius 3 is 2.08 bits per heavy atom. The van der Waals surface area contributed by atoms with Crippen LogP contribution in [0.1, 0.15) is 47.6 Å². The number of nitrogens with one attached hydrogen (secondary N) is 1. The molecule has 0 spiro atoms. The monoisotopic (exact) mass is 525 g/mol. The minimum Gasteiger partial charge on any atom is -0.431 e. The quantitative estimate of drug-likeness (QED) is 0.193. The molecule has 0 saturated heterocycles. The lowest BCUT2D eigenvalue weighted by atomic mass is 9.86. The maximum absolute atomic E-state index is 13.1. The summed E-state index contributed by atoms with van der Waals surface area (Å²) < 4.78 is 60.7. The molecule has 0 aliphatic carbocycles. The average Bonchev–Trinajstić information content (AvgIpc) is 2.92. The SMILES string of the molecule is CCC(Nc1ccc(C(Cc2ccncc2)c2ccc(OC(F)F)c(OC(F)F)c2)cn1)c1ccccc1. The standard InChI is InChI=1S/C29H27F4N3O2/c1-2-24(20-6-4-3-5-7-20)36-27-11-9-22(18-35-27)23(16-19-12-14-34-15-13-19)21-8-10-25(37-28(30)31)26(17-21)38-29(32)33/h3-15,17-18,23-24,28-29H,2,16H2,1H3,(H,35,36). The van der Waals surface area contributed by atoms with E-state index in [2.05, 4.69) is 43.8 Å². The van der Waals surface area contributed by atoms with Crippen molar-refractivity contribution in [2.75, 3.05) is 5.32 Å². The number of hydrogen-bond acceptors (Lipinski definition) is 5. The first-order valence-electron chi connectivity index (χ1n) is 12.1. The largest absolute Gasteiger partial charge is 0.431 e. The van der Waals surface area contributed by atoms with E-state index in [1.165, 1.54) is 12.1 Å². The first-order chi connectivity index (χ1) is 18.4. The molecule has 0 fully saturated rings. The number of ether oxygens (including phenoxy) is 2. The van der Waals surface area contributed by atoms with Crippen LogP contribution >= 0.6 is 0 Å². The smallest absolute Gasteiger partial charge is 0.387 e. The zero-order valence-electron chi connectivity index (χ0n) is 20.6. The number of anilines is 1. The lowest BCUT2D eigenvalue weighted by molar-refractivity contribution is -0.0692. The molecule has 2 unspecified atom stereocenters. The number of halogens is 4. The van der Waals surface area contributed by atoms with Crippen LogP contribution < -0.4 is 14.8 Å². The van der Waals surface area contributed by atoms with Crippen molar-refractivity contribution in [3.8, 4) is 11.5 Å². The van der Waals surface area contributed by atoms with Crippen molar-refractivity contribution in [1.82, 2.24) is 9.97 Å². The first-order valence-corrected chi connectivity index (χ1v) is 12.1. The topological polar surface area (TPSA) is 56.3 Å². The minimum absolute atomic E-state index is 0.0820. The zero-order chi connectivity index (χ0) is 26.9. The van der Waals surface area contributed by atoms with Gasteiger partial charge in [-0.25, -0.2) is 4.98 Å². The van der Waals surface area contributed by atoms with Gasteiger partial charge in [0.2, 0.25) is 0 Å². The van der Waals surface area contributed by atoms with Crippen molar-refractivity contribution >= 4 is 5.82 Å². The van der Waals surface area contributed by atoms with Crippen LogP contribution in [-0.4, -0.2) is 23.2 Å². The van der Waals surface area contributed by atoms with Gasteiger partial charge in [-0.15, -0.1) is 0 Å². The van der Waals surface area contributed by atoms with Crippen molar-refractivity contribution < 1.29 is 27.0 Å². The maximum Gasteiger partial charge on any atom is 0.387 e. The van der Waals surface area contributed by atoms with Crippen LogP contribution in [0.3, 0.4) is 0 Å². The number of rotatable bonds is 12. The van der Waals surface area contributed by atoms with Crippen LogP contribution in [0.25, 0.3) is 0 Å². The summed E-state index contributed by atoms with van der Waals surface area (Å²) in [5.41, 5.74) is 3.49. The van der Waals surface area contributed by atoms with E-state index in [-0.39, 0.29) is 12.0 Å². The summed E-state index contributed by atoms with van der Waals surface area (Å²) >= 11 is 0. The summed E-state index contributed by atoms with van der Waals surface area (Å²) in [5.74, 6) is -0.571. The Bertz CT molecular complexity index is 1280. The highest BCUT2D eigenvalue weighted by atomic mass is 19.3. The fraction of sp³-hybridized carbons (Fsp3) is 0.241. The van der Waals surface area contributed by atoms with E-state index in [0.29, 0.717) is 17.8 Å². The van der Waals surface area contributed by atoms with E-state index >= 15 is 0 Å². The Labute approximate surface area is 218 Å². The minimum atomic E-state index is -3.20. The van der Waals surface area contributed by atoms with Gasteiger partial charge in [-0.1, -0.05) is 49.4 Å². The predicted octanol–water partition coefficient (Wildman–Crippen LogP) is 7.62. The second-order valence-corrected chi connectivity index (χ2v) is 8.57. The number of alkyl halides is 4. The highest BCUT2D eigenvalue weighted by molar-refractivity contribution is 5.48. The first kappa shape index (κ1) is 26.9.